The molecule has 0 amide bonds. The summed E-state index contributed by atoms with van der Waals surface area (Å²) in [6.07, 6.45) is 2.60. The van der Waals surface area contributed by atoms with Crippen LogP contribution in [0.25, 0.3) is 0 Å². The predicted molar refractivity (Wildman–Crippen MR) is 146 cm³/mol. The van der Waals surface area contributed by atoms with Crippen LogP contribution in [0, 0.1) is 109 Å². The molecule has 0 saturated carbocycles. The quantitative estimate of drug-likeness (QED) is 0.114. The van der Waals surface area contributed by atoms with Crippen molar-refractivity contribution >= 4 is 12.4 Å². The first-order chi connectivity index (χ1) is 20.7. The maximum Gasteiger partial charge on any atom is 3.00 e. The van der Waals surface area contributed by atoms with Crippen LogP contribution in [-0.2, 0) is 26.2 Å². The SMILES string of the molecule is CC#N.CC#N.COc1cccc(/C=N/OCCO/N=C/c2cccc(OC)c2[O-])c1[O-].O=[N+]([O-])[O-].O=[N+]([O-])[O-].O=[N+]([O-])[O-].[Gd+3].[Ni+2]. The number of benzene rings is 2. The first kappa shape index (κ1) is 53.5. The van der Waals surface area contributed by atoms with Gasteiger partial charge in [0.05, 0.1) is 54.0 Å². The maximum absolute atomic E-state index is 11.9. The molecule has 24 heteroatoms. The van der Waals surface area contributed by atoms with Gasteiger partial charge in [0.2, 0.25) is 0 Å². The number of para-hydroxylation sites is 2. The zero-order valence-corrected chi connectivity index (χ0v) is 27.2. The number of nitriles is 2. The van der Waals surface area contributed by atoms with E-state index in [-0.39, 0.29) is 92.6 Å². The number of hydrogen-bond acceptors (Lipinski definition) is 19. The summed E-state index contributed by atoms with van der Waals surface area (Å²) < 4.78 is 9.87. The van der Waals surface area contributed by atoms with Gasteiger partial charge in [0, 0.05) is 13.8 Å². The van der Waals surface area contributed by atoms with Crippen LogP contribution in [0.2, 0.25) is 0 Å². The molecule has 0 unspecified atom stereocenters. The van der Waals surface area contributed by atoms with Gasteiger partial charge in [-0.05, 0) is 23.3 Å². The fraction of sp³-hybridized carbons (Fsp3) is 0.273. The van der Waals surface area contributed by atoms with E-state index >= 15 is 0 Å². The van der Waals surface area contributed by atoms with E-state index in [4.69, 9.17) is 75.6 Å². The Kier molecular flexibility index (Phi) is 44.2. The molecule has 46 heavy (non-hydrogen) atoms. The van der Waals surface area contributed by atoms with Crippen LogP contribution < -0.4 is 19.7 Å². The third-order valence-electron chi connectivity index (χ3n) is 3.26. The van der Waals surface area contributed by atoms with E-state index in [0.717, 1.165) is 0 Å². The van der Waals surface area contributed by atoms with Gasteiger partial charge in [-0.3, -0.25) is 0 Å². The van der Waals surface area contributed by atoms with Crippen molar-refractivity contribution in [2.75, 3.05) is 27.4 Å². The third-order valence-corrected chi connectivity index (χ3v) is 3.26. The Morgan fingerprint density at radius 3 is 1.15 bits per heavy atom. The van der Waals surface area contributed by atoms with Gasteiger partial charge in [-0.15, -0.1) is 0 Å². The predicted octanol–water partition coefficient (Wildman–Crippen LogP) is 1.59. The number of hydrogen-bond donors (Lipinski definition) is 0. The molecule has 22 nitrogen and oxygen atoms in total. The summed E-state index contributed by atoms with van der Waals surface area (Å²) in [5.74, 6) is -0.0615. The Labute approximate surface area is 302 Å². The zero-order valence-electron chi connectivity index (χ0n) is 24.0. The molecule has 2 aromatic carbocycles. The van der Waals surface area contributed by atoms with Crippen LogP contribution in [0.1, 0.15) is 25.0 Å². The molecule has 0 N–H and O–H groups in total. The Bertz CT molecular complexity index is 1140. The normalized spacial score (nSPS) is 8.13. The molecule has 0 aromatic heterocycles. The van der Waals surface area contributed by atoms with E-state index in [1.165, 1.54) is 40.5 Å². The molecule has 0 fully saturated rings. The average molecular weight is 842 g/mol. The Morgan fingerprint density at radius 1 is 0.696 bits per heavy atom. The zero-order chi connectivity index (χ0) is 34.9. The molecular weight excluding hydrogens is 818 g/mol. The van der Waals surface area contributed by atoms with Gasteiger partial charge in [-0.1, -0.05) is 46.1 Å². The van der Waals surface area contributed by atoms with Gasteiger partial charge in [-0.25, -0.2) is 0 Å². The first-order valence-electron chi connectivity index (χ1n) is 10.7. The summed E-state index contributed by atoms with van der Waals surface area (Å²) in [6.45, 7) is 3.10. The Balaban J connectivity index is -0.000000166. The van der Waals surface area contributed by atoms with Gasteiger partial charge in [-0.2, -0.15) is 10.5 Å². The third kappa shape index (κ3) is 39.0. The minimum Gasteiger partial charge on any atom is -0.870 e. The smallest absolute Gasteiger partial charge is 0.870 e. The molecule has 1 radical (unpaired) electrons. The number of methoxy groups -OCH3 is 2. The number of oxime groups is 2. The summed E-state index contributed by atoms with van der Waals surface area (Å²) in [4.78, 5) is 34.7. The van der Waals surface area contributed by atoms with Crippen molar-refractivity contribution < 1.29 is 101 Å². The minimum absolute atomic E-state index is 0. The molecule has 0 spiro atoms. The van der Waals surface area contributed by atoms with Gasteiger partial charge >= 0.3 is 56.4 Å². The van der Waals surface area contributed by atoms with Gasteiger partial charge < -0.3 is 75.3 Å². The molecule has 0 heterocycles. The second kappa shape index (κ2) is 38.0. The van der Waals surface area contributed by atoms with E-state index in [0.29, 0.717) is 11.1 Å². The summed E-state index contributed by atoms with van der Waals surface area (Å²) in [7, 11) is 2.85. The van der Waals surface area contributed by atoms with Crippen LogP contribution in [0.4, 0.5) is 0 Å². The minimum atomic E-state index is -1.75. The number of rotatable bonds is 9. The van der Waals surface area contributed by atoms with Crippen molar-refractivity contribution in [3.8, 4) is 35.1 Å². The van der Waals surface area contributed by atoms with Gasteiger partial charge in [0.15, 0.2) is 13.2 Å². The monoisotopic (exact) mass is 842 g/mol. The van der Waals surface area contributed by atoms with E-state index < -0.39 is 15.3 Å². The van der Waals surface area contributed by atoms with Crippen molar-refractivity contribution in [2.45, 2.75) is 13.8 Å². The summed E-state index contributed by atoms with van der Waals surface area (Å²) in [5.41, 5.74) is 0.702. The molecule has 0 saturated heterocycles. The van der Waals surface area contributed by atoms with E-state index in [2.05, 4.69) is 10.3 Å². The molecule has 255 valence electrons. The molecule has 2 rings (SSSR count). The van der Waals surface area contributed by atoms with E-state index in [1.807, 2.05) is 0 Å². The van der Waals surface area contributed by atoms with Crippen molar-refractivity contribution in [3.05, 3.63) is 93.5 Å². The molecule has 0 atom stereocenters. The summed E-state index contributed by atoms with van der Waals surface area (Å²) in [6, 6.07) is 13.2. The summed E-state index contributed by atoms with van der Waals surface area (Å²) >= 11 is 0. The largest absolute Gasteiger partial charge is 3.00 e. The Morgan fingerprint density at radius 2 is 0.935 bits per heavy atom. The van der Waals surface area contributed by atoms with Crippen molar-refractivity contribution in [3.63, 3.8) is 0 Å². The maximum atomic E-state index is 11.9. The van der Waals surface area contributed by atoms with Crippen molar-refractivity contribution in [1.82, 2.24) is 0 Å². The average Bonchev–Trinajstić information content (AvgIpc) is 2.92. The molecule has 0 bridgehead atoms. The van der Waals surface area contributed by atoms with Crippen molar-refractivity contribution in [2.24, 2.45) is 10.3 Å². The second-order valence-electron chi connectivity index (χ2n) is 6.01. The second-order valence-corrected chi connectivity index (χ2v) is 6.01. The number of nitrogens with zero attached hydrogens (tertiary/aromatic N) is 7. The van der Waals surface area contributed by atoms with Crippen molar-refractivity contribution in [1.29, 1.82) is 10.5 Å². The van der Waals surface area contributed by atoms with E-state index in [1.54, 1.807) is 48.5 Å². The molecule has 0 aliphatic heterocycles. The molecular formula is C22H24GdN7NiO15. The van der Waals surface area contributed by atoms with Crippen LogP contribution in [0.3, 0.4) is 0 Å². The van der Waals surface area contributed by atoms with Gasteiger partial charge in [0.1, 0.15) is 11.5 Å². The Hall–Kier alpha value is -5.02. The molecule has 0 aliphatic rings. The fourth-order valence-corrected chi connectivity index (χ4v) is 1.96. The molecule has 2 aromatic rings. The first-order valence-corrected chi connectivity index (χ1v) is 10.7. The van der Waals surface area contributed by atoms with Crippen LogP contribution in [0.15, 0.2) is 46.7 Å². The van der Waals surface area contributed by atoms with Crippen LogP contribution in [0.5, 0.6) is 23.0 Å². The fourth-order valence-electron chi connectivity index (χ4n) is 1.96. The van der Waals surface area contributed by atoms with Gasteiger partial charge in [0.25, 0.3) is 0 Å². The number of ether oxygens (including phenoxy) is 2. The topological polar surface area (TPSA) is 354 Å². The standard InChI is InChI=1S/C18H20N2O6.2C2H3N.Gd.3NO3.Ni/c1-23-15-7-3-5-13(17(15)21)11-19-25-9-10-26-20-12-14-6-4-8-16(24-2)18(14)22;2*1-2-3;;3*2-1(3)4;/h3-8,11-12,21-22H,9-10H2,1-2H3;2*1H3;;;;;/q;;;+3;3*-1;+2/p-2/b19-11+,20-12+;;;;;;;. The van der Waals surface area contributed by atoms with E-state index in [9.17, 15) is 10.2 Å². The molecule has 0 aliphatic carbocycles. The summed E-state index contributed by atoms with van der Waals surface area (Å²) in [5, 5.41) is 90.0. The van der Waals surface area contributed by atoms with Crippen LogP contribution >= 0.6 is 0 Å². The van der Waals surface area contributed by atoms with Crippen LogP contribution in [-0.4, -0.2) is 55.1 Å².